The van der Waals surface area contributed by atoms with Crippen LogP contribution >= 0.6 is 0 Å². The van der Waals surface area contributed by atoms with Gasteiger partial charge in [0.15, 0.2) is 0 Å². The largest absolute Gasteiger partial charge is 0.467 e. The predicted molar refractivity (Wildman–Crippen MR) is 172 cm³/mol. The van der Waals surface area contributed by atoms with Crippen LogP contribution in [0, 0.1) is 5.92 Å². The Morgan fingerprint density at radius 2 is 1.07 bits per heavy atom. The number of rotatable bonds is 13. The molecule has 0 aromatic heterocycles. The molecule has 0 radical (unpaired) electrons. The normalized spacial score (nSPS) is 13.6. The fourth-order valence-corrected chi connectivity index (χ4v) is 4.66. The molecular formula is C35H38N6O3. The molecule has 0 aliphatic carbocycles. The number of nitrogens with zero attached hydrogens (tertiary/aromatic N) is 4. The van der Waals surface area contributed by atoms with Gasteiger partial charge in [-0.1, -0.05) is 74.5 Å². The summed E-state index contributed by atoms with van der Waals surface area (Å²) in [6.45, 7) is 3.95. The number of hydrogen-bond donors (Lipinski definition) is 2. The quantitative estimate of drug-likeness (QED) is 0.122. The average molecular weight is 591 g/mol. The van der Waals surface area contributed by atoms with E-state index < -0.39 is 23.5 Å². The van der Waals surface area contributed by atoms with Crippen molar-refractivity contribution in [1.82, 2.24) is 5.32 Å². The number of hydrogen-bond acceptors (Lipinski definition) is 8. The lowest BCUT2D eigenvalue weighted by molar-refractivity contribution is -0.146. The Balaban J connectivity index is 1.55. The molecule has 3 N–H and O–H groups in total. The van der Waals surface area contributed by atoms with Gasteiger partial charge in [-0.05, 0) is 84.8 Å². The van der Waals surface area contributed by atoms with Gasteiger partial charge in [0.2, 0.25) is 5.91 Å². The van der Waals surface area contributed by atoms with Crippen molar-refractivity contribution >= 4 is 34.6 Å². The topological polar surface area (TPSA) is 131 Å². The van der Waals surface area contributed by atoms with Gasteiger partial charge in [-0.15, -0.1) is 0 Å². The number of benzene rings is 4. The van der Waals surface area contributed by atoms with Crippen LogP contribution in [0.3, 0.4) is 0 Å². The highest BCUT2D eigenvalue weighted by Gasteiger charge is 2.37. The molecule has 4 aromatic rings. The number of carbonyl (C=O) groups excluding carboxylic acids is 2. The molecule has 0 heterocycles. The van der Waals surface area contributed by atoms with E-state index in [2.05, 4.69) is 25.8 Å². The summed E-state index contributed by atoms with van der Waals surface area (Å²) < 4.78 is 4.97. The number of carbonyl (C=O) groups is 2. The van der Waals surface area contributed by atoms with E-state index in [1.54, 1.807) is 0 Å². The van der Waals surface area contributed by atoms with E-state index in [0.717, 1.165) is 22.5 Å². The van der Waals surface area contributed by atoms with Crippen LogP contribution in [0.4, 0.5) is 22.7 Å². The summed E-state index contributed by atoms with van der Waals surface area (Å²) in [6.07, 6.45) is 0.872. The Bertz CT molecular complexity index is 1460. The van der Waals surface area contributed by atoms with Gasteiger partial charge in [0, 0.05) is 0 Å². The molecule has 1 amide bonds. The minimum absolute atomic E-state index is 0.154. The highest BCUT2D eigenvalue weighted by molar-refractivity contribution is 5.91. The summed E-state index contributed by atoms with van der Waals surface area (Å²) in [6, 6.07) is 33.0. The summed E-state index contributed by atoms with van der Waals surface area (Å²) in [7, 11) is 1.31. The average Bonchev–Trinajstić information content (AvgIpc) is 3.04. The lowest BCUT2D eigenvalue weighted by Crippen LogP contribution is -2.60. The van der Waals surface area contributed by atoms with Gasteiger partial charge < -0.3 is 15.8 Å². The van der Waals surface area contributed by atoms with E-state index >= 15 is 0 Å². The highest BCUT2D eigenvalue weighted by atomic mass is 16.5. The van der Waals surface area contributed by atoms with Crippen LogP contribution < -0.4 is 11.1 Å². The molecular weight excluding hydrogens is 552 g/mol. The second kappa shape index (κ2) is 15.5. The van der Waals surface area contributed by atoms with Gasteiger partial charge in [0.05, 0.1) is 29.9 Å². The zero-order chi connectivity index (χ0) is 31.4. The van der Waals surface area contributed by atoms with E-state index in [0.29, 0.717) is 17.8 Å². The van der Waals surface area contributed by atoms with Gasteiger partial charge in [-0.3, -0.25) is 4.79 Å². The lowest BCUT2D eigenvalue weighted by atomic mass is 9.84. The molecule has 0 fully saturated rings. The number of nitrogens with two attached hydrogens (primary N) is 1. The zero-order valence-corrected chi connectivity index (χ0v) is 25.3. The van der Waals surface area contributed by atoms with Crippen LogP contribution in [0.1, 0.15) is 31.4 Å². The molecule has 9 nitrogen and oxygen atoms in total. The van der Waals surface area contributed by atoms with Crippen LogP contribution in [-0.4, -0.2) is 30.6 Å². The van der Waals surface area contributed by atoms with Gasteiger partial charge in [-0.25, -0.2) is 4.79 Å². The smallest absolute Gasteiger partial charge is 0.328 e. The first-order valence-corrected chi connectivity index (χ1v) is 14.5. The summed E-state index contributed by atoms with van der Waals surface area (Å²) >= 11 is 0. The molecule has 0 aliphatic rings. The molecule has 0 spiro atoms. The van der Waals surface area contributed by atoms with Crippen LogP contribution in [0.25, 0.3) is 0 Å². The van der Waals surface area contributed by atoms with E-state index in [9.17, 15) is 9.59 Å². The van der Waals surface area contributed by atoms with Crippen molar-refractivity contribution in [1.29, 1.82) is 0 Å². The van der Waals surface area contributed by atoms with E-state index in [-0.39, 0.29) is 18.8 Å². The van der Waals surface area contributed by atoms with Crippen molar-refractivity contribution in [3.05, 3.63) is 120 Å². The summed E-state index contributed by atoms with van der Waals surface area (Å²) in [5, 5.41) is 20.0. The number of esters is 1. The Kier molecular flexibility index (Phi) is 11.2. The van der Waals surface area contributed by atoms with Crippen LogP contribution in [-0.2, 0) is 27.2 Å². The molecule has 0 bridgehead atoms. The van der Waals surface area contributed by atoms with Crippen molar-refractivity contribution in [2.24, 2.45) is 32.1 Å². The first-order chi connectivity index (χ1) is 21.2. The molecule has 1 atom stereocenters. The number of nitrogens with one attached hydrogen (secondary N) is 1. The Hall–Kier alpha value is -5.02. The number of ether oxygens (including phenoxy) is 1. The maximum absolute atomic E-state index is 13.8. The molecule has 0 aliphatic heterocycles. The molecule has 44 heavy (non-hydrogen) atoms. The third-order valence-electron chi connectivity index (χ3n) is 6.94. The molecule has 4 rings (SSSR count). The van der Waals surface area contributed by atoms with Gasteiger partial charge >= 0.3 is 5.97 Å². The standard InChI is InChI=1S/C35H38N6O3/c1-25(2)22-32(33(42)44-3)37-34(43)35(36,23-26-14-18-30(19-15-26)40-38-28-10-6-4-7-11-28)24-27-16-20-31(21-17-27)41-39-29-12-8-5-9-13-29/h4-21,25,32H,22-24,36H2,1-3H3,(H,37,43)/t32-,35?/m0/s1. The fourth-order valence-electron chi connectivity index (χ4n) is 4.66. The Morgan fingerprint density at radius 3 is 1.43 bits per heavy atom. The van der Waals surface area contributed by atoms with Crippen molar-refractivity contribution in [2.75, 3.05) is 7.11 Å². The van der Waals surface area contributed by atoms with Crippen molar-refractivity contribution < 1.29 is 14.3 Å². The van der Waals surface area contributed by atoms with Gasteiger partial charge in [0.1, 0.15) is 11.6 Å². The van der Waals surface area contributed by atoms with Crippen molar-refractivity contribution in [3.63, 3.8) is 0 Å². The SMILES string of the molecule is COC(=O)[C@H](CC(C)C)NC(=O)C(N)(Cc1ccc(N=Nc2ccccc2)cc1)Cc1ccc(N=Nc2ccccc2)cc1. The lowest BCUT2D eigenvalue weighted by Gasteiger charge is -2.31. The maximum atomic E-state index is 13.8. The molecule has 0 saturated carbocycles. The predicted octanol–water partition coefficient (Wildman–Crippen LogP) is 7.70. The van der Waals surface area contributed by atoms with E-state index in [1.165, 1.54) is 7.11 Å². The Labute approximate surface area is 258 Å². The number of methoxy groups -OCH3 is 1. The molecule has 0 saturated heterocycles. The minimum atomic E-state index is -1.37. The molecule has 226 valence electrons. The van der Waals surface area contributed by atoms with Gasteiger partial charge in [0.25, 0.3) is 0 Å². The first kappa shape index (κ1) is 31.9. The highest BCUT2D eigenvalue weighted by Crippen LogP contribution is 2.24. The monoisotopic (exact) mass is 590 g/mol. The fraction of sp³-hybridized carbons (Fsp3) is 0.257. The summed E-state index contributed by atoms with van der Waals surface area (Å²) in [5.41, 5.74) is 10.1. The number of azo groups is 2. The number of amides is 1. The molecule has 0 unspecified atom stereocenters. The minimum Gasteiger partial charge on any atom is -0.467 e. The Morgan fingerprint density at radius 1 is 0.682 bits per heavy atom. The second-order valence-electron chi connectivity index (χ2n) is 11.1. The maximum Gasteiger partial charge on any atom is 0.328 e. The third kappa shape index (κ3) is 9.50. The van der Waals surface area contributed by atoms with Crippen LogP contribution in [0.5, 0.6) is 0 Å². The first-order valence-electron chi connectivity index (χ1n) is 14.5. The summed E-state index contributed by atoms with van der Waals surface area (Å²) in [4.78, 5) is 26.3. The second-order valence-corrected chi connectivity index (χ2v) is 11.1. The van der Waals surface area contributed by atoms with Gasteiger partial charge in [-0.2, -0.15) is 20.5 Å². The van der Waals surface area contributed by atoms with E-state index in [1.807, 2.05) is 123 Å². The van der Waals surface area contributed by atoms with Crippen LogP contribution in [0.2, 0.25) is 0 Å². The zero-order valence-electron chi connectivity index (χ0n) is 25.3. The van der Waals surface area contributed by atoms with Crippen molar-refractivity contribution in [2.45, 2.75) is 44.7 Å². The third-order valence-corrected chi connectivity index (χ3v) is 6.94. The molecule has 4 aromatic carbocycles. The van der Waals surface area contributed by atoms with E-state index in [4.69, 9.17) is 10.5 Å². The summed E-state index contributed by atoms with van der Waals surface area (Å²) in [5.74, 6) is -0.786. The molecule has 9 heteroatoms. The van der Waals surface area contributed by atoms with Crippen molar-refractivity contribution in [3.8, 4) is 0 Å². The van der Waals surface area contributed by atoms with Crippen LogP contribution in [0.15, 0.2) is 130 Å².